The second-order valence-corrected chi connectivity index (χ2v) is 7.53. The van der Waals surface area contributed by atoms with Crippen molar-refractivity contribution in [2.24, 2.45) is 0 Å². The molecule has 1 N–H and O–H groups in total. The van der Waals surface area contributed by atoms with Crippen molar-refractivity contribution in [2.45, 2.75) is 44.0 Å². The van der Waals surface area contributed by atoms with E-state index in [2.05, 4.69) is 0 Å². The van der Waals surface area contributed by atoms with Gasteiger partial charge in [-0.25, -0.2) is 8.42 Å². The van der Waals surface area contributed by atoms with Crippen molar-refractivity contribution in [3.63, 3.8) is 0 Å². The molecule has 0 saturated carbocycles. The molecule has 1 aliphatic heterocycles. The number of aliphatic carboxylic acids is 1. The molecule has 0 unspecified atom stereocenters. The Morgan fingerprint density at radius 3 is 2.64 bits per heavy atom. The third kappa shape index (κ3) is 3.14. The summed E-state index contributed by atoms with van der Waals surface area (Å²) < 4.78 is 24.3. The van der Waals surface area contributed by atoms with Crippen LogP contribution < -0.4 is 4.90 Å². The molecule has 0 bridgehead atoms. The van der Waals surface area contributed by atoms with Gasteiger partial charge in [0, 0.05) is 18.2 Å². The fourth-order valence-corrected chi connectivity index (χ4v) is 3.97. The Morgan fingerprint density at radius 2 is 2.05 bits per heavy atom. The van der Waals surface area contributed by atoms with Crippen LogP contribution in [0.15, 0.2) is 23.1 Å². The van der Waals surface area contributed by atoms with E-state index >= 15 is 0 Å². The van der Waals surface area contributed by atoms with E-state index in [1.807, 2.05) is 6.92 Å². The Bertz CT molecular complexity index is 711. The van der Waals surface area contributed by atoms with Crippen LogP contribution in [0, 0.1) is 0 Å². The number of nitrogens with zero attached hydrogens (tertiary/aromatic N) is 1. The average Bonchev–Trinajstić information content (AvgIpc) is 2.79. The monoisotopic (exact) mass is 325 g/mol. The number of carboxylic acid groups (broad SMARTS) is 1. The molecular weight excluding hydrogens is 306 g/mol. The molecule has 1 heterocycles. The largest absolute Gasteiger partial charge is 0.481 e. The Labute approximate surface area is 129 Å². The molecule has 1 aliphatic rings. The molecular formula is C15H19NO5S. The lowest BCUT2D eigenvalue weighted by molar-refractivity contribution is -0.136. The molecule has 7 heteroatoms. The highest BCUT2D eigenvalue weighted by molar-refractivity contribution is 7.91. The highest BCUT2D eigenvalue weighted by Crippen LogP contribution is 2.34. The molecule has 0 spiro atoms. The molecule has 0 saturated heterocycles. The number of anilines is 1. The summed E-state index contributed by atoms with van der Waals surface area (Å²) in [5, 5.41) is 8.63. The summed E-state index contributed by atoms with van der Waals surface area (Å²) in [7, 11) is -3.62. The van der Waals surface area contributed by atoms with Crippen LogP contribution in [0.5, 0.6) is 0 Å². The molecule has 1 aromatic rings. The van der Waals surface area contributed by atoms with Crippen LogP contribution in [0.2, 0.25) is 0 Å². The Kier molecular flexibility index (Phi) is 4.55. The molecule has 120 valence electrons. The maximum Gasteiger partial charge on any atom is 0.304 e. The number of hydrogen-bond donors (Lipinski definition) is 1. The summed E-state index contributed by atoms with van der Waals surface area (Å²) in [5.74, 6) is -1.56. The second kappa shape index (κ2) is 6.08. The van der Waals surface area contributed by atoms with Crippen molar-refractivity contribution in [1.82, 2.24) is 0 Å². The molecule has 0 fully saturated rings. The van der Waals surface area contributed by atoms with Gasteiger partial charge in [-0.05, 0) is 37.1 Å². The van der Waals surface area contributed by atoms with E-state index in [4.69, 9.17) is 5.11 Å². The van der Waals surface area contributed by atoms with Crippen LogP contribution >= 0.6 is 0 Å². The molecule has 6 nitrogen and oxygen atoms in total. The summed E-state index contributed by atoms with van der Waals surface area (Å²) >= 11 is 0. The van der Waals surface area contributed by atoms with E-state index < -0.39 is 28.0 Å². The number of amides is 1. The maximum atomic E-state index is 12.1. The van der Waals surface area contributed by atoms with Crippen LogP contribution in [-0.2, 0) is 25.8 Å². The number of hydrogen-bond acceptors (Lipinski definition) is 4. The zero-order chi connectivity index (χ0) is 16.5. The van der Waals surface area contributed by atoms with Gasteiger partial charge in [0.2, 0.25) is 5.91 Å². The standard InChI is InChI=1S/C15H19NO5S/c1-3-14(17)16-10(2)8-11-9-12(4-5-13(11)16)22(20,21)7-6-15(18)19/h4-5,9-10H,3,6-8H2,1-2H3,(H,18,19)/t10-/m1/s1. The van der Waals surface area contributed by atoms with Crippen molar-refractivity contribution in [3.8, 4) is 0 Å². The molecule has 1 amide bonds. The van der Waals surface area contributed by atoms with Gasteiger partial charge in [0.25, 0.3) is 0 Å². The van der Waals surface area contributed by atoms with Gasteiger partial charge >= 0.3 is 5.97 Å². The number of carbonyl (C=O) groups is 2. The first-order chi connectivity index (χ1) is 10.3. The third-order valence-corrected chi connectivity index (χ3v) is 5.50. The third-order valence-electron chi connectivity index (χ3n) is 3.78. The normalized spacial score (nSPS) is 17.4. The van der Waals surface area contributed by atoms with E-state index in [0.717, 1.165) is 11.3 Å². The highest BCUT2D eigenvalue weighted by Gasteiger charge is 2.31. The summed E-state index contributed by atoms with van der Waals surface area (Å²) in [6.07, 6.45) is 0.572. The molecule has 2 rings (SSSR count). The fourth-order valence-electron chi connectivity index (χ4n) is 2.69. The van der Waals surface area contributed by atoms with Crippen LogP contribution in [0.4, 0.5) is 5.69 Å². The van der Waals surface area contributed by atoms with E-state index in [0.29, 0.717) is 12.8 Å². The van der Waals surface area contributed by atoms with Gasteiger partial charge in [0.05, 0.1) is 17.1 Å². The Hall–Kier alpha value is -1.89. The molecule has 0 aliphatic carbocycles. The second-order valence-electron chi connectivity index (χ2n) is 5.42. The summed E-state index contributed by atoms with van der Waals surface area (Å²) in [4.78, 5) is 24.4. The van der Waals surface area contributed by atoms with Crippen molar-refractivity contribution in [2.75, 3.05) is 10.7 Å². The van der Waals surface area contributed by atoms with Crippen molar-refractivity contribution < 1.29 is 23.1 Å². The SMILES string of the molecule is CCC(=O)N1c2ccc(S(=O)(=O)CCC(=O)O)cc2C[C@H]1C. The first-order valence-corrected chi connectivity index (χ1v) is 8.81. The minimum absolute atomic E-state index is 0.000534. The molecule has 0 radical (unpaired) electrons. The van der Waals surface area contributed by atoms with Crippen molar-refractivity contribution in [3.05, 3.63) is 23.8 Å². The lowest BCUT2D eigenvalue weighted by Crippen LogP contribution is -2.35. The van der Waals surface area contributed by atoms with Gasteiger partial charge in [-0.3, -0.25) is 9.59 Å². The van der Waals surface area contributed by atoms with Crippen molar-refractivity contribution >= 4 is 27.4 Å². The average molecular weight is 325 g/mol. The van der Waals surface area contributed by atoms with Crippen LogP contribution in [0.1, 0.15) is 32.3 Å². The molecule has 22 heavy (non-hydrogen) atoms. The predicted octanol–water partition coefficient (Wildman–Crippen LogP) is 1.62. The van der Waals surface area contributed by atoms with Gasteiger partial charge in [0.1, 0.15) is 0 Å². The molecule has 1 aromatic carbocycles. The summed E-state index contributed by atoms with van der Waals surface area (Å²) in [6, 6.07) is 4.65. The van der Waals surface area contributed by atoms with Crippen LogP contribution in [0.25, 0.3) is 0 Å². The van der Waals surface area contributed by atoms with E-state index in [9.17, 15) is 18.0 Å². The topological polar surface area (TPSA) is 91.8 Å². The lowest BCUT2D eigenvalue weighted by atomic mass is 10.1. The van der Waals surface area contributed by atoms with Gasteiger partial charge < -0.3 is 10.0 Å². The first kappa shape index (κ1) is 16.5. The number of benzene rings is 1. The summed E-state index contributed by atoms with van der Waals surface area (Å²) in [5.41, 5.74) is 1.56. The van der Waals surface area contributed by atoms with E-state index in [1.165, 1.54) is 6.07 Å². The number of fused-ring (bicyclic) bond motifs is 1. The van der Waals surface area contributed by atoms with Gasteiger partial charge in [-0.2, -0.15) is 0 Å². The number of carbonyl (C=O) groups excluding carboxylic acids is 1. The number of sulfone groups is 1. The van der Waals surface area contributed by atoms with E-state index in [-0.39, 0.29) is 16.8 Å². The number of rotatable bonds is 5. The van der Waals surface area contributed by atoms with E-state index in [1.54, 1.807) is 24.0 Å². The maximum absolute atomic E-state index is 12.1. The minimum atomic E-state index is -3.62. The lowest BCUT2D eigenvalue weighted by Gasteiger charge is -2.22. The predicted molar refractivity (Wildman–Crippen MR) is 81.7 cm³/mol. The van der Waals surface area contributed by atoms with Gasteiger partial charge in [-0.1, -0.05) is 6.92 Å². The van der Waals surface area contributed by atoms with Gasteiger partial charge in [-0.15, -0.1) is 0 Å². The number of carboxylic acids is 1. The highest BCUT2D eigenvalue weighted by atomic mass is 32.2. The first-order valence-electron chi connectivity index (χ1n) is 7.15. The smallest absolute Gasteiger partial charge is 0.304 e. The minimum Gasteiger partial charge on any atom is -0.481 e. The van der Waals surface area contributed by atoms with Crippen LogP contribution in [-0.4, -0.2) is 37.2 Å². The fraction of sp³-hybridized carbons (Fsp3) is 0.467. The summed E-state index contributed by atoms with van der Waals surface area (Å²) in [6.45, 7) is 3.71. The zero-order valence-corrected chi connectivity index (χ0v) is 13.4. The Morgan fingerprint density at radius 1 is 1.36 bits per heavy atom. The van der Waals surface area contributed by atoms with Crippen LogP contribution in [0.3, 0.4) is 0 Å². The van der Waals surface area contributed by atoms with Gasteiger partial charge in [0.15, 0.2) is 9.84 Å². The molecule has 1 atom stereocenters. The molecule has 0 aromatic heterocycles. The Balaban J connectivity index is 2.33. The zero-order valence-electron chi connectivity index (χ0n) is 12.6. The van der Waals surface area contributed by atoms with Crippen molar-refractivity contribution in [1.29, 1.82) is 0 Å². The quantitative estimate of drug-likeness (QED) is 0.888.